The molecule has 0 atom stereocenters. The fourth-order valence-electron chi connectivity index (χ4n) is 0. The smallest absolute Gasteiger partial charge is 0.822 e. The Labute approximate surface area is 161 Å². The maximum absolute atomic E-state index is 8.55. The number of rotatable bonds is 0. The van der Waals surface area contributed by atoms with Gasteiger partial charge in [0.1, 0.15) is 0 Å². The van der Waals surface area contributed by atoms with Crippen LogP contribution in [0.5, 0.6) is 0 Å². The molecule has 86 valence electrons. The van der Waals surface area contributed by atoms with Crippen molar-refractivity contribution in [2.45, 2.75) is 0 Å². The van der Waals surface area contributed by atoms with Crippen LogP contribution in [-0.2, 0) is 54.5 Å². The second kappa shape index (κ2) is 36.6. The Balaban J connectivity index is -0.0000000170. The van der Waals surface area contributed by atoms with Crippen molar-refractivity contribution in [3.8, 4) is 0 Å². The molecule has 0 amide bonds. The van der Waals surface area contributed by atoms with Crippen molar-refractivity contribution in [1.82, 2.24) is 0 Å². The van der Waals surface area contributed by atoms with Crippen LogP contribution < -0.4 is 83.6 Å². The van der Waals surface area contributed by atoms with Crippen molar-refractivity contribution in [3.05, 3.63) is 0 Å². The minimum absolute atomic E-state index is 0. The summed E-state index contributed by atoms with van der Waals surface area (Å²) in [5, 5.41) is 0. The Bertz CT molecular complexity index is 132. The van der Waals surface area contributed by atoms with E-state index >= 15 is 0 Å². The Kier molecular flexibility index (Phi) is 26.7. The molecule has 0 fully saturated rings. The molecule has 0 rings (SSSR count). The first-order chi connectivity index (χ1) is 10.5. The zero-order valence-electron chi connectivity index (χ0n) is 18.1. The van der Waals surface area contributed by atoms with Crippen molar-refractivity contribution in [2.75, 3.05) is 0 Å². The van der Waals surface area contributed by atoms with Gasteiger partial charge in [-0.05, 0) is 0 Å². The standard InChI is InChI=1S/Cs.Fe.H3O4P.6H2O/c;;1-5(2,3)4;;;;;;/h;;(H3,1,2,3,4);6*1H2/q+1;+2;;;;;;;/p+3/i/hD12. The predicted octanol–water partition coefficient (Wildman–Crippen LogP) is -11.4. The Morgan fingerprint density at radius 2 is 0.923 bits per heavy atom. The molecule has 13 heavy (non-hydrogen) atoms. The molecule has 0 unspecified atom stereocenters. The largest absolute Gasteiger partial charge is 2.00 e. The molecule has 0 aromatic carbocycles. The summed E-state index contributed by atoms with van der Waals surface area (Å²) in [6.45, 7) is 0. The van der Waals surface area contributed by atoms with E-state index in [2.05, 4.69) is 0 Å². The average Bonchev–Trinajstić information content (AvgIpc) is 2.31. The molecule has 0 radical (unpaired) electrons. The van der Waals surface area contributed by atoms with Gasteiger partial charge in [0.05, 0.1) is 0 Å². The third-order valence-corrected chi connectivity index (χ3v) is 0. The van der Waals surface area contributed by atoms with E-state index in [1.807, 2.05) is 32.9 Å². The van der Waals surface area contributed by atoms with Crippen LogP contribution in [0, 0.1) is 0 Å². The molecule has 0 saturated carbocycles. The third-order valence-electron chi connectivity index (χ3n) is 0. The van der Waals surface area contributed by atoms with E-state index in [9.17, 15) is 0 Å². The molecule has 0 aliphatic heterocycles. The van der Waals surface area contributed by atoms with Crippen molar-refractivity contribution in [1.29, 1.82) is 17.2 Å². The molecule has 0 aliphatic rings. The van der Waals surface area contributed by atoms with Gasteiger partial charge in [0.25, 0.3) is 0 Å². The van der Waals surface area contributed by atoms with E-state index < -0.39 is 7.82 Å². The van der Waals surface area contributed by atoms with E-state index in [1.165, 1.54) is 0 Å². The zero-order valence-corrected chi connectivity index (χ0v) is 14.4. The van der Waals surface area contributed by atoms with Gasteiger partial charge in [0, 0.05) is 0 Å². The van der Waals surface area contributed by atoms with Crippen LogP contribution >= 0.6 is 7.82 Å². The van der Waals surface area contributed by atoms with Crippen molar-refractivity contribution < 1.29 is 138 Å². The van der Waals surface area contributed by atoms with Crippen LogP contribution in [0.3, 0.4) is 0 Å². The van der Waals surface area contributed by atoms with Gasteiger partial charge >= 0.3 is 103 Å². The predicted molar refractivity (Wildman–Crippen MR) is 36.8 cm³/mol. The third kappa shape index (κ3) is 375. The van der Waals surface area contributed by atoms with Gasteiger partial charge in [-0.3, -0.25) is 0 Å². The minimum atomic E-state index is -5.39. The van der Waals surface area contributed by atoms with E-state index in [0.717, 1.165) is 0 Å². The SMILES string of the molecule is O=P([O-])([O-])[O-].[2H][OH+][2H].[2H][OH+][2H].[2H][OH+][2H].[2H][OH+][2H].[2H][OH+][2H].[2H][OH+][2H].[Cs+].[Fe+2]. The Hall–Kier alpha value is 2.44. The van der Waals surface area contributed by atoms with Crippen molar-refractivity contribution >= 4 is 7.82 Å². The van der Waals surface area contributed by atoms with Crippen molar-refractivity contribution in [2.24, 2.45) is 0 Å². The Morgan fingerprint density at radius 3 is 0.923 bits per heavy atom. The molecule has 13 heteroatoms. The molecule has 0 saturated heterocycles. The van der Waals surface area contributed by atoms with E-state index in [1.54, 1.807) is 0 Å². The maximum atomic E-state index is 8.55. The fraction of sp³-hybridized carbons (Fsp3) is 0. The Morgan fingerprint density at radius 1 is 0.923 bits per heavy atom. The van der Waals surface area contributed by atoms with Gasteiger partial charge in [-0.15, -0.1) is 0 Å². The molecule has 0 spiro atoms. The molecule has 0 aromatic rings. The second-order valence-corrected chi connectivity index (χ2v) is 1.34. The number of phosphoric acid groups is 1. The minimum Gasteiger partial charge on any atom is -0.822 e. The van der Waals surface area contributed by atoms with Gasteiger partial charge in [0.15, 0.2) is 0 Å². The van der Waals surface area contributed by atoms with Crippen molar-refractivity contribution in [3.63, 3.8) is 0 Å². The molecule has 10 nitrogen and oxygen atoms in total. The first-order valence-corrected chi connectivity index (χ1v) is 2.19. The van der Waals surface area contributed by atoms with Crippen LogP contribution in [0.1, 0.15) is 0 Å². The summed E-state index contributed by atoms with van der Waals surface area (Å²) in [4.78, 5) is 25.6. The summed E-state index contributed by atoms with van der Waals surface area (Å²) in [7, 11) is -5.39. The molecule has 0 heterocycles. The van der Waals surface area contributed by atoms with Gasteiger partial charge < -0.3 is 52.1 Å². The van der Waals surface area contributed by atoms with E-state index in [4.69, 9.17) is 36.4 Å². The second-order valence-electron chi connectivity index (χ2n) is 0.447. The normalized spacial score (nSPS) is 13.8. The van der Waals surface area contributed by atoms with Gasteiger partial charge in [-0.2, -0.15) is 7.82 Å². The molecule has 0 aliphatic carbocycles. The zero-order chi connectivity index (χ0) is 20.7. The van der Waals surface area contributed by atoms with Crippen LogP contribution in [0.2, 0.25) is 0 Å². The topological polar surface area (TPSA) is 284 Å². The molecular weight excluding hydrogens is 380 g/mol. The summed E-state index contributed by atoms with van der Waals surface area (Å²) >= 11 is 0. The molecular formula is H18CsFeO10P+6. The first-order valence-electron chi connectivity index (χ1n) is 6.10. The monoisotopic (exact) mass is 410 g/mol. The van der Waals surface area contributed by atoms with E-state index in [0.29, 0.717) is 0 Å². The van der Waals surface area contributed by atoms with Crippen LogP contribution in [0.4, 0.5) is 0 Å². The van der Waals surface area contributed by atoms with Crippen LogP contribution in [-0.4, -0.2) is 17.2 Å². The summed E-state index contributed by atoms with van der Waals surface area (Å²) < 4.78 is 74.5. The summed E-state index contributed by atoms with van der Waals surface area (Å²) in [5.41, 5.74) is 12.0. The maximum Gasteiger partial charge on any atom is 2.00 e. The molecule has 0 bridgehead atoms. The fourth-order valence-corrected chi connectivity index (χ4v) is 0. The molecule has 0 aromatic heterocycles. The van der Waals surface area contributed by atoms with E-state index in [-0.39, 0.29) is 86.0 Å². The molecule has 18 N–H and O–H groups in total. The van der Waals surface area contributed by atoms with Gasteiger partial charge in [-0.1, -0.05) is 0 Å². The number of hydrogen-bond donors (Lipinski definition) is 0. The number of hydrogen-bond acceptors (Lipinski definition) is 4. The average molecular weight is 410 g/mol. The first kappa shape index (κ1) is 9.47. The van der Waals surface area contributed by atoms with Crippen LogP contribution in [0.15, 0.2) is 0 Å². The van der Waals surface area contributed by atoms with Crippen LogP contribution in [0.25, 0.3) is 0 Å². The summed E-state index contributed by atoms with van der Waals surface area (Å²) in [6.07, 6.45) is 0. The quantitative estimate of drug-likeness (QED) is 0.213. The summed E-state index contributed by atoms with van der Waals surface area (Å²) in [5.74, 6) is 0. The van der Waals surface area contributed by atoms with Gasteiger partial charge in [-0.25, -0.2) is 0 Å². The van der Waals surface area contributed by atoms with Gasteiger partial charge in [0.2, 0.25) is 0 Å². The summed E-state index contributed by atoms with van der Waals surface area (Å²) in [6, 6.07) is 0.